The molecule has 0 aliphatic carbocycles. The molecule has 1 unspecified atom stereocenters. The minimum atomic E-state index is -0.631. The van der Waals surface area contributed by atoms with E-state index >= 15 is 0 Å². The summed E-state index contributed by atoms with van der Waals surface area (Å²) < 4.78 is 10.6. The fourth-order valence-corrected chi connectivity index (χ4v) is 1.89. The van der Waals surface area contributed by atoms with Crippen molar-refractivity contribution in [2.75, 3.05) is 13.2 Å². The van der Waals surface area contributed by atoms with Crippen molar-refractivity contribution in [3.8, 4) is 0 Å². The molecule has 0 aromatic rings. The number of amides is 2. The van der Waals surface area contributed by atoms with Crippen molar-refractivity contribution in [2.45, 2.75) is 64.7 Å². The highest BCUT2D eigenvalue weighted by Gasteiger charge is 2.22. The second-order valence-electron chi connectivity index (χ2n) is 6.10. The van der Waals surface area contributed by atoms with Crippen molar-refractivity contribution in [3.05, 3.63) is 0 Å². The summed E-state index contributed by atoms with van der Waals surface area (Å²) in [6.07, 6.45) is 2.68. The molecule has 1 aliphatic heterocycles. The van der Waals surface area contributed by atoms with E-state index in [1.807, 2.05) is 0 Å². The Labute approximate surface area is 120 Å². The number of hydrogen-bond donors (Lipinski definition) is 2. The first-order valence-electron chi connectivity index (χ1n) is 7.17. The number of ether oxygens (including phenoxy) is 2. The third-order valence-electron chi connectivity index (χ3n) is 2.90. The number of alkyl carbamates (subject to hydrolysis) is 1. The molecule has 6 nitrogen and oxygen atoms in total. The van der Waals surface area contributed by atoms with Gasteiger partial charge in [-0.15, -0.1) is 0 Å². The molecule has 0 bridgehead atoms. The summed E-state index contributed by atoms with van der Waals surface area (Å²) in [5.41, 5.74) is -0.573. The van der Waals surface area contributed by atoms with Gasteiger partial charge in [0.2, 0.25) is 5.91 Å². The molecule has 2 amide bonds. The first kappa shape index (κ1) is 16.8. The lowest BCUT2D eigenvalue weighted by Crippen LogP contribution is -2.48. The normalized spacial score (nSPS) is 20.9. The Hall–Kier alpha value is -1.30. The van der Waals surface area contributed by atoms with Gasteiger partial charge in [0.25, 0.3) is 0 Å². The lowest BCUT2D eigenvalue weighted by atomic mass is 10.1. The molecule has 1 rings (SSSR count). The van der Waals surface area contributed by atoms with E-state index < -0.39 is 17.7 Å². The molecule has 0 saturated carbocycles. The molecular formula is C14H26N2O4. The Morgan fingerprint density at radius 2 is 2.05 bits per heavy atom. The molecule has 2 N–H and O–H groups in total. The van der Waals surface area contributed by atoms with Crippen LogP contribution in [0.1, 0.15) is 47.0 Å². The van der Waals surface area contributed by atoms with E-state index in [-0.39, 0.29) is 12.0 Å². The van der Waals surface area contributed by atoms with Gasteiger partial charge in [0, 0.05) is 13.2 Å². The highest BCUT2D eigenvalue weighted by molar-refractivity contribution is 5.85. The standard InChI is InChI=1S/C14H26N2O4/c1-10(16-13(18)20-14(2,3)4)12(17)15-9-11-7-5-6-8-19-11/h10-11H,5-9H2,1-4H3,(H,15,17)(H,16,18)/t10-,11?/m1/s1. The predicted octanol–water partition coefficient (Wildman–Crippen LogP) is 1.58. The first-order chi connectivity index (χ1) is 9.28. The third kappa shape index (κ3) is 6.75. The third-order valence-corrected chi connectivity index (χ3v) is 2.90. The van der Waals surface area contributed by atoms with Crippen LogP contribution in [0, 0.1) is 0 Å². The minimum Gasteiger partial charge on any atom is -0.444 e. The van der Waals surface area contributed by atoms with Crippen molar-refractivity contribution in [1.29, 1.82) is 0 Å². The molecule has 1 heterocycles. The van der Waals surface area contributed by atoms with E-state index in [2.05, 4.69) is 10.6 Å². The molecule has 6 heteroatoms. The van der Waals surface area contributed by atoms with Crippen LogP contribution in [0.2, 0.25) is 0 Å². The second-order valence-corrected chi connectivity index (χ2v) is 6.10. The zero-order valence-electron chi connectivity index (χ0n) is 12.8. The summed E-state index contributed by atoms with van der Waals surface area (Å²) in [4.78, 5) is 23.4. The van der Waals surface area contributed by atoms with Gasteiger partial charge < -0.3 is 20.1 Å². The van der Waals surface area contributed by atoms with Gasteiger partial charge in [0.1, 0.15) is 11.6 Å². The van der Waals surface area contributed by atoms with Crippen LogP contribution in [-0.2, 0) is 14.3 Å². The lowest BCUT2D eigenvalue weighted by molar-refractivity contribution is -0.123. The van der Waals surface area contributed by atoms with Gasteiger partial charge in [-0.25, -0.2) is 4.79 Å². The van der Waals surface area contributed by atoms with Crippen LogP contribution in [0.4, 0.5) is 4.79 Å². The monoisotopic (exact) mass is 286 g/mol. The summed E-state index contributed by atoms with van der Waals surface area (Å²) in [6.45, 7) is 8.19. The summed E-state index contributed by atoms with van der Waals surface area (Å²) in [7, 11) is 0. The number of rotatable bonds is 4. The highest BCUT2D eigenvalue weighted by Crippen LogP contribution is 2.11. The van der Waals surface area contributed by atoms with E-state index in [4.69, 9.17) is 9.47 Å². The Kier molecular flexibility index (Phi) is 6.26. The van der Waals surface area contributed by atoms with E-state index in [1.54, 1.807) is 27.7 Å². The van der Waals surface area contributed by atoms with Crippen LogP contribution in [0.25, 0.3) is 0 Å². The molecule has 20 heavy (non-hydrogen) atoms. The van der Waals surface area contributed by atoms with Gasteiger partial charge in [-0.2, -0.15) is 0 Å². The molecule has 0 aromatic heterocycles. The van der Waals surface area contributed by atoms with Crippen LogP contribution in [0.15, 0.2) is 0 Å². The fraction of sp³-hybridized carbons (Fsp3) is 0.857. The smallest absolute Gasteiger partial charge is 0.408 e. The predicted molar refractivity (Wildman–Crippen MR) is 75.4 cm³/mol. The van der Waals surface area contributed by atoms with Gasteiger partial charge in [0.15, 0.2) is 0 Å². The maximum Gasteiger partial charge on any atom is 0.408 e. The number of nitrogens with one attached hydrogen (secondary N) is 2. The molecule has 0 aromatic carbocycles. The molecule has 1 aliphatic rings. The molecule has 116 valence electrons. The Balaban J connectivity index is 2.26. The van der Waals surface area contributed by atoms with Gasteiger partial charge in [0.05, 0.1) is 6.10 Å². The maximum atomic E-state index is 11.8. The average molecular weight is 286 g/mol. The van der Waals surface area contributed by atoms with Gasteiger partial charge in [-0.05, 0) is 47.0 Å². The zero-order chi connectivity index (χ0) is 15.2. The van der Waals surface area contributed by atoms with Crippen molar-refractivity contribution >= 4 is 12.0 Å². The van der Waals surface area contributed by atoms with E-state index in [0.29, 0.717) is 6.54 Å². The summed E-state index contributed by atoms with van der Waals surface area (Å²) in [6, 6.07) is -0.631. The molecule has 2 atom stereocenters. The second kappa shape index (κ2) is 7.47. The largest absolute Gasteiger partial charge is 0.444 e. The van der Waals surface area contributed by atoms with Crippen LogP contribution in [-0.4, -0.2) is 42.9 Å². The average Bonchev–Trinajstić information content (AvgIpc) is 2.34. The summed E-state index contributed by atoms with van der Waals surface area (Å²) >= 11 is 0. The van der Waals surface area contributed by atoms with Crippen LogP contribution in [0.5, 0.6) is 0 Å². The molecule has 0 spiro atoms. The van der Waals surface area contributed by atoms with Crippen molar-refractivity contribution in [1.82, 2.24) is 10.6 Å². The minimum absolute atomic E-state index is 0.0847. The van der Waals surface area contributed by atoms with Gasteiger partial charge in [-0.3, -0.25) is 4.79 Å². The first-order valence-corrected chi connectivity index (χ1v) is 7.17. The number of hydrogen-bond acceptors (Lipinski definition) is 4. The molecule has 0 radical (unpaired) electrons. The van der Waals surface area contributed by atoms with E-state index in [1.165, 1.54) is 0 Å². The van der Waals surface area contributed by atoms with Crippen LogP contribution < -0.4 is 10.6 Å². The van der Waals surface area contributed by atoms with E-state index in [9.17, 15) is 9.59 Å². The molecule has 1 saturated heterocycles. The molecule has 1 fully saturated rings. The lowest BCUT2D eigenvalue weighted by Gasteiger charge is -2.24. The molecular weight excluding hydrogens is 260 g/mol. The quantitative estimate of drug-likeness (QED) is 0.822. The van der Waals surface area contributed by atoms with E-state index in [0.717, 1.165) is 25.9 Å². The van der Waals surface area contributed by atoms with Crippen molar-refractivity contribution in [2.24, 2.45) is 0 Å². The Morgan fingerprint density at radius 1 is 1.35 bits per heavy atom. The summed E-state index contributed by atoms with van der Waals surface area (Å²) in [5, 5.41) is 5.30. The fourth-order valence-electron chi connectivity index (χ4n) is 1.89. The van der Waals surface area contributed by atoms with Gasteiger partial charge >= 0.3 is 6.09 Å². The zero-order valence-corrected chi connectivity index (χ0v) is 12.8. The van der Waals surface area contributed by atoms with Crippen LogP contribution in [0.3, 0.4) is 0 Å². The number of carbonyl (C=O) groups excluding carboxylic acids is 2. The SMILES string of the molecule is C[C@@H](NC(=O)OC(C)(C)C)C(=O)NCC1CCCCO1. The van der Waals surface area contributed by atoms with Gasteiger partial charge in [-0.1, -0.05) is 0 Å². The van der Waals surface area contributed by atoms with Crippen molar-refractivity contribution in [3.63, 3.8) is 0 Å². The topological polar surface area (TPSA) is 76.7 Å². The Morgan fingerprint density at radius 3 is 2.60 bits per heavy atom. The highest BCUT2D eigenvalue weighted by atomic mass is 16.6. The Bertz CT molecular complexity index is 333. The number of carbonyl (C=O) groups is 2. The van der Waals surface area contributed by atoms with Crippen molar-refractivity contribution < 1.29 is 19.1 Å². The maximum absolute atomic E-state index is 11.8. The van der Waals surface area contributed by atoms with Crippen LogP contribution >= 0.6 is 0 Å². The summed E-state index contributed by atoms with van der Waals surface area (Å²) in [5.74, 6) is -0.231.